The minimum atomic E-state index is -1.18. The van der Waals surface area contributed by atoms with Gasteiger partial charge in [-0.25, -0.2) is 23.1 Å². The summed E-state index contributed by atoms with van der Waals surface area (Å²) in [6.45, 7) is 4.85. The molecule has 8 nitrogen and oxygen atoms in total. The number of hydrogen-bond acceptors (Lipinski definition) is 6. The fraction of sp³-hybridized carbons (Fsp3) is 0.435. The lowest BCUT2D eigenvalue weighted by molar-refractivity contribution is 0.0229. The van der Waals surface area contributed by atoms with Gasteiger partial charge in [-0.3, -0.25) is 9.20 Å². The molecule has 3 aromatic rings. The Labute approximate surface area is 194 Å². The van der Waals surface area contributed by atoms with Crippen LogP contribution in [0.2, 0.25) is 0 Å². The summed E-state index contributed by atoms with van der Waals surface area (Å²) in [7, 11) is 1.57. The lowest BCUT2D eigenvalue weighted by Crippen LogP contribution is -2.46. The van der Waals surface area contributed by atoms with Crippen LogP contribution >= 0.6 is 0 Å². The summed E-state index contributed by atoms with van der Waals surface area (Å²) in [4.78, 5) is 20.9. The second-order valence-electron chi connectivity index (χ2n) is 8.84. The highest BCUT2D eigenvalue weighted by Gasteiger charge is 2.27. The maximum Gasteiger partial charge on any atom is 0.251 e. The van der Waals surface area contributed by atoms with Crippen LogP contribution < -0.4 is 16.0 Å². The molecule has 3 N–H and O–H groups in total. The number of halogens is 3. The molecule has 0 bridgehead atoms. The molecule has 0 radical (unpaired) electrons. The number of piperidine rings is 1. The number of aromatic nitrogens is 3. The smallest absolute Gasteiger partial charge is 0.251 e. The van der Waals surface area contributed by atoms with Crippen molar-refractivity contribution in [2.45, 2.75) is 38.1 Å². The largest absolute Gasteiger partial charge is 0.377 e. The zero-order valence-corrected chi connectivity index (χ0v) is 19.2. The number of carbonyl (C=O) groups excluding carboxylic acids is 1. The van der Waals surface area contributed by atoms with Crippen molar-refractivity contribution in [3.05, 3.63) is 47.8 Å². The molecule has 1 aliphatic rings. The fourth-order valence-electron chi connectivity index (χ4n) is 3.66. The van der Waals surface area contributed by atoms with Crippen molar-refractivity contribution in [2.24, 2.45) is 0 Å². The van der Waals surface area contributed by atoms with Gasteiger partial charge < -0.3 is 20.7 Å². The molecule has 2 atom stereocenters. The van der Waals surface area contributed by atoms with Crippen molar-refractivity contribution in [1.29, 1.82) is 0 Å². The predicted molar refractivity (Wildman–Crippen MR) is 122 cm³/mol. The molecule has 34 heavy (non-hydrogen) atoms. The number of anilines is 1. The second-order valence-corrected chi connectivity index (χ2v) is 8.84. The van der Waals surface area contributed by atoms with Crippen LogP contribution in [0, 0.1) is 11.6 Å². The summed E-state index contributed by atoms with van der Waals surface area (Å²) < 4.78 is 50.1. The van der Waals surface area contributed by atoms with Gasteiger partial charge in [0.25, 0.3) is 5.91 Å². The van der Waals surface area contributed by atoms with Crippen LogP contribution in [-0.2, 0) is 4.74 Å². The van der Waals surface area contributed by atoms with Gasteiger partial charge in [0, 0.05) is 38.0 Å². The zero-order valence-electron chi connectivity index (χ0n) is 19.2. The number of fused-ring (bicyclic) bond motifs is 1. The zero-order chi connectivity index (χ0) is 24.5. The highest BCUT2D eigenvalue weighted by Crippen LogP contribution is 2.27. The Balaban J connectivity index is 1.60. The molecule has 0 aromatic carbocycles. The molecule has 0 saturated carbocycles. The SMILES string of the molecule is COC(C)(C)CNC(=O)c1ccn2c(-c3nc(NC4CNCCC4F)c(F)cc3F)cnc2c1. The number of ether oxygens (including phenoxy) is 1. The van der Waals surface area contributed by atoms with E-state index in [9.17, 15) is 18.0 Å². The monoisotopic (exact) mass is 476 g/mol. The van der Waals surface area contributed by atoms with Crippen LogP contribution in [0.4, 0.5) is 19.0 Å². The van der Waals surface area contributed by atoms with Crippen molar-refractivity contribution in [2.75, 3.05) is 32.1 Å². The summed E-state index contributed by atoms with van der Waals surface area (Å²) in [5.74, 6) is -2.34. The standard InChI is InChI=1S/C23H27F3N6O2/c1-23(2,34-3)12-29-22(33)13-5-7-32-18(11-28-19(32)8-13)20-15(25)9-16(26)21(31-20)30-17-10-27-6-4-14(17)24/h5,7-9,11,14,17,27H,4,6,10,12H2,1-3H3,(H,29,33)(H,30,31). The highest BCUT2D eigenvalue weighted by atomic mass is 19.1. The number of nitrogens with one attached hydrogen (secondary N) is 3. The van der Waals surface area contributed by atoms with Crippen LogP contribution in [-0.4, -0.2) is 64.8 Å². The van der Waals surface area contributed by atoms with E-state index in [1.165, 1.54) is 6.20 Å². The van der Waals surface area contributed by atoms with Crippen molar-refractivity contribution < 1.29 is 22.7 Å². The molecule has 4 rings (SSSR count). The van der Waals surface area contributed by atoms with Crippen molar-refractivity contribution in [3.8, 4) is 11.4 Å². The van der Waals surface area contributed by atoms with Crippen LogP contribution in [0.15, 0.2) is 30.6 Å². The Hall–Kier alpha value is -3.18. The maximum absolute atomic E-state index is 14.7. The second kappa shape index (κ2) is 9.59. The van der Waals surface area contributed by atoms with E-state index in [4.69, 9.17) is 4.74 Å². The number of amides is 1. The van der Waals surface area contributed by atoms with E-state index in [0.29, 0.717) is 43.3 Å². The minimum absolute atomic E-state index is 0.144. The van der Waals surface area contributed by atoms with Crippen LogP contribution in [0.25, 0.3) is 17.0 Å². The number of alkyl halides is 1. The van der Waals surface area contributed by atoms with Gasteiger partial charge in [0.05, 0.1) is 23.5 Å². The Kier molecular flexibility index (Phi) is 6.76. The number of carbonyl (C=O) groups is 1. The lowest BCUT2D eigenvalue weighted by Gasteiger charge is -2.28. The maximum atomic E-state index is 14.7. The van der Waals surface area contributed by atoms with E-state index in [1.807, 2.05) is 13.8 Å². The summed E-state index contributed by atoms with van der Waals surface area (Å²) in [6, 6.07) is 3.16. The molecule has 182 valence electrons. The highest BCUT2D eigenvalue weighted by molar-refractivity contribution is 5.95. The van der Waals surface area contributed by atoms with Gasteiger partial charge in [0.2, 0.25) is 0 Å². The number of imidazole rings is 1. The van der Waals surface area contributed by atoms with E-state index in [2.05, 4.69) is 25.9 Å². The van der Waals surface area contributed by atoms with Crippen molar-refractivity contribution in [1.82, 2.24) is 25.0 Å². The molecule has 0 aliphatic carbocycles. The normalized spacial score (nSPS) is 18.8. The topological polar surface area (TPSA) is 92.6 Å². The van der Waals surface area contributed by atoms with Crippen LogP contribution in [0.5, 0.6) is 0 Å². The van der Waals surface area contributed by atoms with Crippen molar-refractivity contribution >= 4 is 17.4 Å². The van der Waals surface area contributed by atoms with E-state index < -0.39 is 29.4 Å². The molecule has 1 amide bonds. The van der Waals surface area contributed by atoms with E-state index >= 15 is 0 Å². The fourth-order valence-corrected chi connectivity index (χ4v) is 3.66. The Morgan fingerprint density at radius 2 is 2.12 bits per heavy atom. The van der Waals surface area contributed by atoms with Crippen molar-refractivity contribution in [3.63, 3.8) is 0 Å². The van der Waals surface area contributed by atoms with Gasteiger partial charge >= 0.3 is 0 Å². The quantitative estimate of drug-likeness (QED) is 0.486. The Morgan fingerprint density at radius 1 is 1.32 bits per heavy atom. The molecular formula is C23H27F3N6O2. The van der Waals surface area contributed by atoms with Crippen LogP contribution in [0.1, 0.15) is 30.6 Å². The van der Waals surface area contributed by atoms with Gasteiger partial charge in [0.15, 0.2) is 17.5 Å². The summed E-state index contributed by atoms with van der Waals surface area (Å²) >= 11 is 0. The number of nitrogens with zero attached hydrogens (tertiary/aromatic N) is 3. The molecule has 11 heteroatoms. The molecule has 1 aliphatic heterocycles. The molecule has 1 fully saturated rings. The molecule has 1 saturated heterocycles. The molecule has 2 unspecified atom stereocenters. The Bertz CT molecular complexity index is 1200. The first-order chi connectivity index (χ1) is 16.2. The number of hydrogen-bond donors (Lipinski definition) is 3. The van der Waals surface area contributed by atoms with Gasteiger partial charge in [-0.15, -0.1) is 0 Å². The molecular weight excluding hydrogens is 449 g/mol. The number of rotatable bonds is 7. The minimum Gasteiger partial charge on any atom is -0.377 e. The average Bonchev–Trinajstić information content (AvgIpc) is 3.23. The van der Waals surface area contributed by atoms with Gasteiger partial charge in [-0.2, -0.15) is 0 Å². The van der Waals surface area contributed by atoms with Gasteiger partial charge in [-0.05, 0) is 38.9 Å². The average molecular weight is 477 g/mol. The van der Waals surface area contributed by atoms with Gasteiger partial charge in [-0.1, -0.05) is 0 Å². The van der Waals surface area contributed by atoms with Gasteiger partial charge in [0.1, 0.15) is 17.5 Å². The number of pyridine rings is 2. The van der Waals surface area contributed by atoms with E-state index in [1.54, 1.807) is 29.8 Å². The van der Waals surface area contributed by atoms with E-state index in [0.717, 1.165) is 0 Å². The molecule has 0 spiro atoms. The lowest BCUT2D eigenvalue weighted by atomic mass is 10.1. The third kappa shape index (κ3) is 5.00. The van der Waals surface area contributed by atoms with Crippen LogP contribution in [0.3, 0.4) is 0 Å². The third-order valence-electron chi connectivity index (χ3n) is 5.89. The summed E-state index contributed by atoms with van der Waals surface area (Å²) in [5.41, 5.74) is 0.351. The molecule has 4 heterocycles. The first kappa shape index (κ1) is 24.0. The third-order valence-corrected chi connectivity index (χ3v) is 5.89. The first-order valence-electron chi connectivity index (χ1n) is 11.0. The summed E-state index contributed by atoms with van der Waals surface area (Å²) in [6.07, 6.45) is 2.07. The Morgan fingerprint density at radius 3 is 2.85 bits per heavy atom. The number of methoxy groups -OCH3 is 1. The first-order valence-corrected chi connectivity index (χ1v) is 11.0. The van der Waals surface area contributed by atoms with E-state index in [-0.39, 0.29) is 23.1 Å². The molecule has 3 aromatic heterocycles. The predicted octanol–water partition coefficient (Wildman–Crippen LogP) is 2.94. The summed E-state index contributed by atoms with van der Waals surface area (Å²) in [5, 5.41) is 8.58.